The van der Waals surface area contributed by atoms with E-state index in [1.54, 1.807) is 6.07 Å². The van der Waals surface area contributed by atoms with Gasteiger partial charge >= 0.3 is 0 Å². The number of H-pyrrole nitrogens is 1. The lowest BCUT2D eigenvalue weighted by Gasteiger charge is -2.11. The molecule has 0 aliphatic heterocycles. The van der Waals surface area contributed by atoms with Gasteiger partial charge in [-0.2, -0.15) is 23.6 Å². The minimum atomic E-state index is -3.95. The van der Waals surface area contributed by atoms with Gasteiger partial charge in [0.05, 0.1) is 15.5 Å². The normalized spacial score (nSPS) is 13.6. The van der Waals surface area contributed by atoms with Gasteiger partial charge in [-0.15, -0.1) is 5.10 Å². The van der Waals surface area contributed by atoms with Gasteiger partial charge < -0.3 is 5.21 Å². The summed E-state index contributed by atoms with van der Waals surface area (Å²) in [4.78, 5) is 13.0. The third-order valence-electron chi connectivity index (χ3n) is 2.85. The van der Waals surface area contributed by atoms with Crippen LogP contribution >= 0.6 is 0 Å². The van der Waals surface area contributed by atoms with Crippen molar-refractivity contribution in [2.45, 2.75) is 11.8 Å². The van der Waals surface area contributed by atoms with Crippen molar-refractivity contribution in [2.75, 3.05) is 0 Å². The van der Waals surface area contributed by atoms with Crippen LogP contribution in [-0.2, 0) is 10.0 Å². The summed E-state index contributed by atoms with van der Waals surface area (Å²) in [6.07, 6.45) is 1.24. The van der Waals surface area contributed by atoms with E-state index >= 15 is 0 Å². The molecule has 0 saturated heterocycles. The fraction of sp³-hybridized carbons (Fsp3) is 0.0833. The predicted molar refractivity (Wildman–Crippen MR) is 78.9 cm³/mol. The second-order valence-electron chi connectivity index (χ2n) is 4.48. The maximum Gasteiger partial charge on any atom is 0.276 e. The summed E-state index contributed by atoms with van der Waals surface area (Å²) < 4.78 is 24.6. The fourth-order valence-electron chi connectivity index (χ4n) is 1.63. The lowest BCUT2D eigenvalue weighted by atomic mass is 10.3. The van der Waals surface area contributed by atoms with Crippen LogP contribution in [0, 0.1) is 10.1 Å². The number of hydrazone groups is 1. The molecule has 0 bridgehead atoms. The van der Waals surface area contributed by atoms with Gasteiger partial charge in [0.2, 0.25) is 0 Å². The molecule has 10 nitrogen and oxygen atoms in total. The zero-order valence-corrected chi connectivity index (χ0v) is 12.7. The molecule has 0 spiro atoms. The molecule has 2 rings (SSSR count). The molecule has 11 heteroatoms. The smallest absolute Gasteiger partial charge is 0.276 e. The van der Waals surface area contributed by atoms with Gasteiger partial charge in [-0.1, -0.05) is 0 Å². The first-order chi connectivity index (χ1) is 10.8. The molecule has 1 heterocycles. The van der Waals surface area contributed by atoms with E-state index < -0.39 is 15.2 Å². The molecule has 1 aromatic carbocycles. The van der Waals surface area contributed by atoms with Crippen LogP contribution in [-0.4, -0.2) is 24.4 Å². The van der Waals surface area contributed by atoms with Crippen molar-refractivity contribution in [3.8, 4) is 0 Å². The topological polar surface area (TPSA) is 145 Å². The van der Waals surface area contributed by atoms with Crippen LogP contribution in [0.4, 0.5) is 5.69 Å². The Morgan fingerprint density at radius 2 is 2.00 bits per heavy atom. The summed E-state index contributed by atoms with van der Waals surface area (Å²) in [5, 5.41) is 24.5. The number of nitrogens with one attached hydrogen (secondary N) is 3. The van der Waals surface area contributed by atoms with E-state index in [-0.39, 0.29) is 16.3 Å². The molecule has 122 valence electrons. The average molecular weight is 340 g/mol. The molecule has 1 unspecified atom stereocenters. The molecule has 0 radical (unpaired) electrons. The van der Waals surface area contributed by atoms with Gasteiger partial charge in [-0.05, 0) is 25.1 Å². The van der Waals surface area contributed by atoms with Gasteiger partial charge in [0.1, 0.15) is 5.69 Å². The Balaban J connectivity index is 2.21. The van der Waals surface area contributed by atoms with Crippen molar-refractivity contribution in [1.82, 2.24) is 9.93 Å². The molecule has 0 amide bonds. The third kappa shape index (κ3) is 4.20. The highest BCUT2D eigenvalue weighted by molar-refractivity contribution is 7.89. The van der Waals surface area contributed by atoms with E-state index in [0.717, 1.165) is 12.1 Å². The summed E-state index contributed by atoms with van der Waals surface area (Å²) in [5.74, 6) is 0. The number of quaternary nitrogens is 1. The third-order valence-corrected chi connectivity index (χ3v) is 4.07. The number of hydrogen-bond acceptors (Lipinski definition) is 6. The number of hydrogen-bond donors (Lipinski definition) is 4. The Morgan fingerprint density at radius 1 is 1.35 bits per heavy atom. The van der Waals surface area contributed by atoms with Crippen molar-refractivity contribution in [3.05, 3.63) is 58.4 Å². The van der Waals surface area contributed by atoms with Crippen molar-refractivity contribution in [3.63, 3.8) is 0 Å². The highest BCUT2D eigenvalue weighted by Gasteiger charge is 2.14. The highest BCUT2D eigenvalue weighted by Crippen LogP contribution is 2.11. The van der Waals surface area contributed by atoms with E-state index in [0.29, 0.717) is 10.2 Å². The Bertz CT molecular complexity index is 873. The fourth-order valence-corrected chi connectivity index (χ4v) is 2.49. The van der Waals surface area contributed by atoms with Gasteiger partial charge in [-0.3, -0.25) is 0 Å². The summed E-state index contributed by atoms with van der Waals surface area (Å²) in [6, 6.07) is 7.73. The van der Waals surface area contributed by atoms with E-state index in [1.165, 1.54) is 31.3 Å². The zero-order chi connectivity index (χ0) is 17.0. The van der Waals surface area contributed by atoms with Crippen LogP contribution in [0.1, 0.15) is 12.6 Å². The van der Waals surface area contributed by atoms with Gasteiger partial charge in [0.15, 0.2) is 10.2 Å². The highest BCUT2D eigenvalue weighted by atomic mass is 32.2. The summed E-state index contributed by atoms with van der Waals surface area (Å²) >= 11 is 0. The number of benzene rings is 1. The van der Waals surface area contributed by atoms with Gasteiger partial charge in [-0.25, -0.2) is 5.21 Å². The monoisotopic (exact) mass is 340 g/mol. The minimum absolute atomic E-state index is 0.0254. The first-order valence-electron chi connectivity index (χ1n) is 6.31. The molecule has 1 aromatic heterocycles. The summed E-state index contributed by atoms with van der Waals surface area (Å²) in [6.45, 7) is 1.52. The lowest BCUT2D eigenvalue weighted by molar-refractivity contribution is -0.991. The van der Waals surface area contributed by atoms with Crippen LogP contribution in [0.5, 0.6) is 0 Å². The van der Waals surface area contributed by atoms with Gasteiger partial charge in [0.25, 0.3) is 16.2 Å². The molecular weight excluding hydrogens is 326 g/mol. The van der Waals surface area contributed by atoms with Crippen molar-refractivity contribution < 1.29 is 23.4 Å². The van der Waals surface area contributed by atoms with Crippen molar-refractivity contribution in [2.24, 2.45) is 5.10 Å². The maximum atomic E-state index is 12.1. The average Bonchev–Trinajstić information content (AvgIpc) is 2.52. The maximum absolute atomic E-state index is 12.1. The molecule has 23 heavy (non-hydrogen) atoms. The second kappa shape index (κ2) is 6.66. The molecular formula is C12H14N5O5S+. The van der Waals surface area contributed by atoms with Crippen LogP contribution in [0.2, 0.25) is 0 Å². The number of nitrogens with zero attached hydrogens (tertiary/aromatic N) is 2. The minimum Gasteiger partial charge on any atom is -0.595 e. The molecule has 0 aliphatic carbocycles. The van der Waals surface area contributed by atoms with Crippen LogP contribution in [0.15, 0.2) is 52.6 Å². The van der Waals surface area contributed by atoms with E-state index in [2.05, 4.69) is 10.2 Å². The number of sulfonamides is 1. The summed E-state index contributed by atoms with van der Waals surface area (Å²) in [7, 11) is -3.95. The molecule has 0 aliphatic rings. The lowest BCUT2D eigenvalue weighted by Crippen LogP contribution is -2.99. The molecule has 4 N–H and O–H groups in total. The zero-order valence-electron chi connectivity index (χ0n) is 11.9. The first-order valence-corrected chi connectivity index (χ1v) is 7.79. The quantitative estimate of drug-likeness (QED) is 0.314. The Labute approximate surface area is 130 Å². The first kappa shape index (κ1) is 16.8. The Morgan fingerprint density at radius 3 is 2.57 bits per heavy atom. The van der Waals surface area contributed by atoms with Crippen molar-refractivity contribution >= 4 is 21.4 Å². The van der Waals surface area contributed by atoms with Crippen LogP contribution in [0.25, 0.3) is 0 Å². The van der Waals surface area contributed by atoms with E-state index in [1.807, 2.05) is 4.83 Å². The van der Waals surface area contributed by atoms with Gasteiger partial charge in [0, 0.05) is 18.2 Å². The van der Waals surface area contributed by atoms with Crippen molar-refractivity contribution in [1.29, 1.82) is 0 Å². The second-order valence-corrected chi connectivity index (χ2v) is 6.14. The number of aromatic nitrogens is 2. The van der Waals surface area contributed by atoms with Crippen LogP contribution in [0.3, 0.4) is 0 Å². The Kier molecular flexibility index (Phi) is 4.86. The summed E-state index contributed by atoms with van der Waals surface area (Å²) in [5.41, 5.74) is 0.565. The predicted octanol–water partition coefficient (Wildman–Crippen LogP) is -0.965. The Hall–Kier alpha value is -2.60. The van der Waals surface area contributed by atoms with E-state index in [4.69, 9.17) is 5.21 Å². The molecule has 1 atom stereocenters. The molecule has 0 saturated carbocycles. The molecule has 2 aromatic rings. The van der Waals surface area contributed by atoms with E-state index in [9.17, 15) is 18.5 Å². The molecule has 0 fully saturated rings. The number of rotatable bonds is 5. The largest absolute Gasteiger partial charge is 0.595 e. The number of aromatic amines is 1. The SMILES string of the molecule is C/C(=N\NS(=O)(=O)c1ccc([NH+]([O-])O)cc1)c1ccc[n+](=O)[nH]1. The van der Waals surface area contributed by atoms with Crippen LogP contribution < -0.4 is 14.6 Å². The standard InChI is InChI=1S/C12H14N5O5S/c1-9(12-3-2-8-16(18)14-12)13-15-23(21,22)11-6-4-10(5-7-11)17(19)20/h2-8,15,17,19H,1H3,(H,14,18)/q+1/b13-9+.